The van der Waals surface area contributed by atoms with E-state index in [1.807, 2.05) is 5.92 Å². The first-order chi connectivity index (χ1) is 4.59. The maximum absolute atomic E-state index is 9.99. The fraction of sp³-hybridized carbons (Fsp3) is 0.400. The zero-order valence-corrected chi connectivity index (χ0v) is 4.98. The third kappa shape index (κ3) is 2.13. The van der Waals surface area contributed by atoms with Gasteiger partial charge in [-0.2, -0.15) is 0 Å². The molecule has 10 heavy (non-hydrogen) atoms. The molecule has 0 radical (unpaired) electrons. The van der Waals surface area contributed by atoms with Crippen molar-refractivity contribution in [1.82, 2.24) is 0 Å². The number of nitrogens with zero attached hydrogens (tertiary/aromatic N) is 1. The molecule has 0 amide bonds. The number of hydrogen-bond acceptors (Lipinski definition) is 3. The predicted octanol–water partition coefficient (Wildman–Crippen LogP) is -0.260. The molecule has 0 fully saturated rings. The molecular formula is C5H5NO4. The third-order valence-electron chi connectivity index (χ3n) is 0.851. The first-order valence-corrected chi connectivity index (χ1v) is 2.39. The van der Waals surface area contributed by atoms with Crippen molar-refractivity contribution in [1.29, 1.82) is 0 Å². The van der Waals surface area contributed by atoms with Crippen LogP contribution in [0.1, 0.15) is 6.42 Å². The van der Waals surface area contributed by atoms with Crippen LogP contribution in [0.2, 0.25) is 0 Å². The zero-order chi connectivity index (χ0) is 8.15. The van der Waals surface area contributed by atoms with Crippen molar-refractivity contribution in [2.24, 2.45) is 0 Å². The van der Waals surface area contributed by atoms with E-state index in [0.717, 1.165) is 0 Å². The van der Waals surface area contributed by atoms with Gasteiger partial charge in [-0.25, -0.2) is 4.79 Å². The van der Waals surface area contributed by atoms with Crippen molar-refractivity contribution in [2.75, 3.05) is 0 Å². The van der Waals surface area contributed by atoms with Crippen molar-refractivity contribution in [3.8, 4) is 12.3 Å². The maximum Gasteiger partial charge on any atom is 0.380 e. The molecule has 0 saturated heterocycles. The first kappa shape index (κ1) is 8.43. The van der Waals surface area contributed by atoms with Crippen molar-refractivity contribution in [2.45, 2.75) is 12.5 Å². The number of carbonyl (C=O) groups is 1. The molecule has 5 heteroatoms. The van der Waals surface area contributed by atoms with Gasteiger partial charge in [-0.1, -0.05) is 5.92 Å². The Morgan fingerprint density at radius 2 is 2.40 bits per heavy atom. The van der Waals surface area contributed by atoms with Crippen LogP contribution >= 0.6 is 0 Å². The molecule has 5 nitrogen and oxygen atoms in total. The summed E-state index contributed by atoms with van der Waals surface area (Å²) >= 11 is 0. The third-order valence-corrected chi connectivity index (χ3v) is 0.851. The summed E-state index contributed by atoms with van der Waals surface area (Å²) in [5.74, 6) is 0.411. The predicted molar refractivity (Wildman–Crippen MR) is 31.9 cm³/mol. The van der Waals surface area contributed by atoms with E-state index >= 15 is 0 Å². The fourth-order valence-electron chi connectivity index (χ4n) is 0.364. The molecule has 0 aromatic heterocycles. The Labute approximate surface area is 56.8 Å². The van der Waals surface area contributed by atoms with Gasteiger partial charge >= 0.3 is 12.0 Å². The quantitative estimate of drug-likeness (QED) is 0.335. The Hall–Kier alpha value is -1.57. The van der Waals surface area contributed by atoms with Crippen LogP contribution in [-0.4, -0.2) is 22.0 Å². The van der Waals surface area contributed by atoms with Crippen LogP contribution in [0, 0.1) is 22.5 Å². The molecular weight excluding hydrogens is 138 g/mol. The largest absolute Gasteiger partial charge is 0.476 e. The van der Waals surface area contributed by atoms with E-state index in [9.17, 15) is 14.9 Å². The van der Waals surface area contributed by atoms with Gasteiger partial charge in [0.2, 0.25) is 0 Å². The standard InChI is InChI=1S/C5H5NO4/c1-2-3-4(5(7)8)6(9)10/h1,4H,3H2,(H,7,8). The van der Waals surface area contributed by atoms with Crippen molar-refractivity contribution >= 4 is 5.97 Å². The molecule has 0 heterocycles. The Morgan fingerprint density at radius 3 is 2.50 bits per heavy atom. The van der Waals surface area contributed by atoms with Crippen LogP contribution in [0.3, 0.4) is 0 Å². The summed E-state index contributed by atoms with van der Waals surface area (Å²) in [5.41, 5.74) is 0. The molecule has 0 aliphatic carbocycles. The number of carboxylic acid groups (broad SMARTS) is 1. The van der Waals surface area contributed by atoms with E-state index in [-0.39, 0.29) is 6.42 Å². The first-order valence-electron chi connectivity index (χ1n) is 2.39. The molecule has 0 aromatic rings. The monoisotopic (exact) mass is 143 g/mol. The van der Waals surface area contributed by atoms with E-state index in [4.69, 9.17) is 5.11 Å². The lowest BCUT2D eigenvalue weighted by atomic mass is 10.2. The van der Waals surface area contributed by atoms with Crippen LogP contribution in [0.4, 0.5) is 0 Å². The highest BCUT2D eigenvalue weighted by Gasteiger charge is 2.27. The average Bonchev–Trinajstić information content (AvgIpc) is 1.81. The molecule has 54 valence electrons. The highest BCUT2D eigenvalue weighted by molar-refractivity contribution is 5.72. The number of rotatable bonds is 3. The highest BCUT2D eigenvalue weighted by atomic mass is 16.6. The number of terminal acetylenes is 1. The van der Waals surface area contributed by atoms with Crippen LogP contribution in [0.5, 0.6) is 0 Å². The topological polar surface area (TPSA) is 80.4 Å². The number of hydrogen-bond donors (Lipinski definition) is 1. The Morgan fingerprint density at radius 1 is 1.90 bits per heavy atom. The molecule has 0 saturated carbocycles. The Balaban J connectivity index is 4.15. The summed E-state index contributed by atoms with van der Waals surface area (Å²) in [6, 6.07) is -1.66. The molecule has 0 aliphatic heterocycles. The van der Waals surface area contributed by atoms with Crippen LogP contribution in [-0.2, 0) is 4.79 Å². The van der Waals surface area contributed by atoms with Gasteiger partial charge in [-0.15, -0.1) is 6.42 Å². The van der Waals surface area contributed by atoms with Crippen molar-refractivity contribution < 1.29 is 14.8 Å². The second-order valence-electron chi connectivity index (χ2n) is 1.55. The molecule has 0 bridgehead atoms. The molecule has 0 aliphatic rings. The van der Waals surface area contributed by atoms with E-state index in [1.54, 1.807) is 0 Å². The van der Waals surface area contributed by atoms with E-state index in [0.29, 0.717) is 0 Å². The van der Waals surface area contributed by atoms with Gasteiger partial charge in [0, 0.05) is 4.92 Å². The van der Waals surface area contributed by atoms with Gasteiger partial charge in [-0.05, 0) is 0 Å². The second-order valence-corrected chi connectivity index (χ2v) is 1.55. The van der Waals surface area contributed by atoms with Gasteiger partial charge in [0.15, 0.2) is 0 Å². The molecule has 1 N–H and O–H groups in total. The molecule has 0 spiro atoms. The number of aliphatic carboxylic acids is 1. The van der Waals surface area contributed by atoms with Crippen molar-refractivity contribution in [3.05, 3.63) is 10.1 Å². The Kier molecular flexibility index (Phi) is 2.91. The van der Waals surface area contributed by atoms with Crippen molar-refractivity contribution in [3.63, 3.8) is 0 Å². The SMILES string of the molecule is C#CCC(C(=O)O)[N+](=O)[O-]. The fourth-order valence-corrected chi connectivity index (χ4v) is 0.364. The summed E-state index contributed by atoms with van der Waals surface area (Å²) in [6.45, 7) is 0. The van der Waals surface area contributed by atoms with E-state index < -0.39 is 16.9 Å². The summed E-state index contributed by atoms with van der Waals surface area (Å²) < 4.78 is 0. The highest BCUT2D eigenvalue weighted by Crippen LogP contribution is 1.94. The normalized spacial score (nSPS) is 11.5. The van der Waals surface area contributed by atoms with Crippen LogP contribution in [0.25, 0.3) is 0 Å². The summed E-state index contributed by atoms with van der Waals surface area (Å²) in [5, 5.41) is 18.0. The minimum atomic E-state index is -1.66. The van der Waals surface area contributed by atoms with Gasteiger partial charge in [0.05, 0.1) is 6.42 Å². The van der Waals surface area contributed by atoms with Gasteiger partial charge < -0.3 is 5.11 Å². The van der Waals surface area contributed by atoms with E-state index in [2.05, 4.69) is 6.42 Å². The lowest BCUT2D eigenvalue weighted by Crippen LogP contribution is -2.28. The summed E-state index contributed by atoms with van der Waals surface area (Å²) in [6.07, 6.45) is 4.31. The lowest BCUT2D eigenvalue weighted by Gasteiger charge is -1.97. The molecule has 1 atom stereocenters. The minimum absolute atomic E-state index is 0.373. The second kappa shape index (κ2) is 3.45. The summed E-state index contributed by atoms with van der Waals surface area (Å²) in [4.78, 5) is 18.9. The minimum Gasteiger partial charge on any atom is -0.476 e. The van der Waals surface area contributed by atoms with Gasteiger partial charge in [-0.3, -0.25) is 10.1 Å². The zero-order valence-electron chi connectivity index (χ0n) is 4.98. The molecule has 1 unspecified atom stereocenters. The summed E-state index contributed by atoms with van der Waals surface area (Å²) in [7, 11) is 0. The number of carboxylic acids is 1. The van der Waals surface area contributed by atoms with Crippen LogP contribution in [0.15, 0.2) is 0 Å². The average molecular weight is 143 g/mol. The number of nitro groups is 1. The lowest BCUT2D eigenvalue weighted by molar-refractivity contribution is -0.508. The Bertz CT molecular complexity index is 178. The van der Waals surface area contributed by atoms with Crippen LogP contribution < -0.4 is 0 Å². The molecule has 0 rings (SSSR count). The molecule has 0 aromatic carbocycles. The van der Waals surface area contributed by atoms with Gasteiger partial charge in [0.25, 0.3) is 0 Å². The smallest absolute Gasteiger partial charge is 0.380 e. The van der Waals surface area contributed by atoms with Gasteiger partial charge in [0.1, 0.15) is 0 Å². The maximum atomic E-state index is 9.99. The van der Waals surface area contributed by atoms with E-state index in [1.165, 1.54) is 0 Å².